The molecule has 0 spiro atoms. The van der Waals surface area contributed by atoms with Crippen LogP contribution in [0.4, 0.5) is 39.5 Å². The molecule has 2 unspecified atom stereocenters. The molecule has 13 aromatic carbocycles. The van der Waals surface area contributed by atoms with E-state index in [0.717, 1.165) is 150 Å². The number of nitrogens with zero attached hydrogens (tertiary/aromatic N) is 3. The maximum absolute atomic E-state index is 15.6. The molecule has 0 aromatic heterocycles. The summed E-state index contributed by atoms with van der Waals surface area (Å²) in [4.78, 5) is 25.7. The Labute approximate surface area is 734 Å². The molecular formula is C110H117F9N3O3+. The van der Waals surface area contributed by atoms with Gasteiger partial charge in [0.15, 0.2) is 0 Å². The zero-order valence-corrected chi connectivity index (χ0v) is 72.5. The number of aryl methyl sites for hydroxylation is 2. The molecule has 652 valence electrons. The van der Waals surface area contributed by atoms with E-state index in [-0.39, 0.29) is 62.7 Å². The van der Waals surface area contributed by atoms with Crippen LogP contribution >= 0.6 is 0 Å². The number of ketones is 2. The van der Waals surface area contributed by atoms with Crippen molar-refractivity contribution in [3.8, 4) is 55.6 Å². The molecule has 0 bridgehead atoms. The lowest BCUT2D eigenvalue weighted by atomic mass is 9.68. The summed E-state index contributed by atoms with van der Waals surface area (Å²) in [6.07, 6.45) is -7.93. The first-order valence-corrected chi connectivity index (χ1v) is 42.3. The second-order valence-electron chi connectivity index (χ2n) is 33.5. The summed E-state index contributed by atoms with van der Waals surface area (Å²) in [6.45, 7) is 19.1. The van der Waals surface area contributed by atoms with E-state index in [4.69, 9.17) is 0 Å². The molecule has 13 aromatic rings. The van der Waals surface area contributed by atoms with Gasteiger partial charge >= 0.3 is 18.5 Å². The third-order valence-corrected chi connectivity index (χ3v) is 24.5. The summed E-state index contributed by atoms with van der Waals surface area (Å²) in [6, 6.07) is 105. The second-order valence-corrected chi connectivity index (χ2v) is 33.5. The summed E-state index contributed by atoms with van der Waals surface area (Å²) in [5.74, 6) is -1.38. The van der Waals surface area contributed by atoms with Gasteiger partial charge < -0.3 is 19.8 Å². The monoisotopic (exact) mass is 1700 g/mol. The summed E-state index contributed by atoms with van der Waals surface area (Å²) >= 11 is 0. The normalized spacial score (nSPS) is 15.8. The number of piperidine rings is 3. The number of Topliss-reactive ketones (excluding diaryl/α,β-unsaturated/α-hetero) is 2. The quantitative estimate of drug-likeness (QED) is 0.0471. The molecule has 3 saturated heterocycles. The number of benzene rings is 13. The maximum Gasteiger partial charge on any atom is 0.454 e. The highest BCUT2D eigenvalue weighted by Crippen LogP contribution is 2.54. The van der Waals surface area contributed by atoms with Gasteiger partial charge in [0.25, 0.3) is 5.78 Å². The Bertz CT molecular complexity index is 5400. The molecule has 15 heteroatoms. The number of quaternary nitrogens is 1. The van der Waals surface area contributed by atoms with Gasteiger partial charge in [0.1, 0.15) is 16.6 Å². The Morgan fingerprint density at radius 3 is 0.808 bits per heavy atom. The van der Waals surface area contributed by atoms with E-state index >= 15 is 26.3 Å². The van der Waals surface area contributed by atoms with Gasteiger partial charge in [-0.25, -0.2) is 0 Å². The average molecular weight is 1700 g/mol. The Kier molecular flexibility index (Phi) is 33.3. The lowest BCUT2D eigenvalue weighted by Crippen LogP contribution is -2.50. The molecule has 0 aliphatic carbocycles. The van der Waals surface area contributed by atoms with Gasteiger partial charge in [-0.15, -0.1) is 0 Å². The van der Waals surface area contributed by atoms with Crippen molar-refractivity contribution in [2.24, 2.45) is 0 Å². The molecule has 6 nitrogen and oxygen atoms in total. The molecule has 0 amide bonds. The van der Waals surface area contributed by atoms with Crippen molar-refractivity contribution in [2.75, 3.05) is 67.5 Å². The minimum absolute atomic E-state index is 0. The highest BCUT2D eigenvalue weighted by molar-refractivity contribution is 6.00. The minimum Gasteiger partial charge on any atom is -0.412 e. The smallest absolute Gasteiger partial charge is 0.412 e. The third kappa shape index (κ3) is 23.7. The van der Waals surface area contributed by atoms with Gasteiger partial charge in [-0.2, -0.15) is 39.5 Å². The van der Waals surface area contributed by atoms with Crippen LogP contribution in [0.3, 0.4) is 0 Å². The van der Waals surface area contributed by atoms with Crippen molar-refractivity contribution >= 4 is 11.6 Å². The molecule has 3 aliphatic heterocycles. The van der Waals surface area contributed by atoms with Crippen LogP contribution < -0.4 is 0 Å². The molecule has 3 fully saturated rings. The molecule has 0 saturated carbocycles. The number of alkyl halides is 9. The zero-order valence-electron chi connectivity index (χ0n) is 72.5. The minimum atomic E-state index is -4.78. The summed E-state index contributed by atoms with van der Waals surface area (Å²) in [7, 11) is 8.79. The van der Waals surface area contributed by atoms with Crippen LogP contribution in [0, 0.1) is 13.8 Å². The SMILES string of the molecule is C.CC.CN1CCC(=O)CC1.Cc1ccc(-c2ccc(C(c3ccccc3)(c3ccc(-c4ccc(C5(C)CCN(C)CC5)cc4)cc3)C(F)(F)F)cc2)cc1.Cc1ccc(-c2ccc(C(c3ccccc3)(c3ccc(-c4ccc(C5(C)CC[N+](C)(C)CC5)cc4)cc3)C(F)(F)F)cc2)cc1.O.O=C(c1ccccc1)C(F)(F)F.c1ccc(-c2ccccc2)cc1. The average Bonchev–Trinajstić information content (AvgIpc) is 0.727. The van der Waals surface area contributed by atoms with Crippen molar-refractivity contribution in [1.82, 2.24) is 9.80 Å². The molecule has 125 heavy (non-hydrogen) atoms. The van der Waals surface area contributed by atoms with Gasteiger partial charge in [-0.3, -0.25) is 9.59 Å². The summed E-state index contributed by atoms with van der Waals surface area (Å²) in [5, 5.41) is 0. The number of likely N-dealkylation sites (tertiary alicyclic amines) is 3. The topological polar surface area (TPSA) is 72.1 Å². The van der Waals surface area contributed by atoms with Crippen molar-refractivity contribution in [3.05, 3.63) is 407 Å². The Balaban J connectivity index is 0.000000203. The van der Waals surface area contributed by atoms with E-state index in [9.17, 15) is 22.8 Å². The van der Waals surface area contributed by atoms with Crippen LogP contribution in [0.5, 0.6) is 0 Å². The number of rotatable bonds is 14. The van der Waals surface area contributed by atoms with Crippen LogP contribution in [-0.2, 0) is 26.5 Å². The van der Waals surface area contributed by atoms with Crippen LogP contribution in [0.25, 0.3) is 55.6 Å². The van der Waals surface area contributed by atoms with Crippen LogP contribution in [0.1, 0.15) is 140 Å². The first-order valence-electron chi connectivity index (χ1n) is 42.3. The molecule has 16 rings (SSSR count). The number of carbonyl (C=O) groups excluding carboxylic acids is 2. The van der Waals surface area contributed by atoms with Crippen molar-refractivity contribution in [2.45, 2.75) is 128 Å². The largest absolute Gasteiger partial charge is 0.454 e. The van der Waals surface area contributed by atoms with Gasteiger partial charge in [0.2, 0.25) is 0 Å². The van der Waals surface area contributed by atoms with Gasteiger partial charge in [-0.05, 0) is 159 Å². The molecule has 2 atom stereocenters. The number of carbonyl (C=O) groups is 2. The first-order chi connectivity index (χ1) is 58.8. The number of halogens is 9. The Morgan fingerprint density at radius 2 is 0.544 bits per heavy atom. The van der Waals surface area contributed by atoms with E-state index in [2.05, 4.69) is 142 Å². The Hall–Kier alpha value is -11.6. The first kappa shape index (κ1) is 97.2. The Morgan fingerprint density at radius 1 is 0.320 bits per heavy atom. The van der Waals surface area contributed by atoms with Gasteiger partial charge in [-0.1, -0.05) is 392 Å². The van der Waals surface area contributed by atoms with E-state index in [1.807, 2.05) is 120 Å². The summed E-state index contributed by atoms with van der Waals surface area (Å²) < 4.78 is 130. The third-order valence-electron chi connectivity index (χ3n) is 24.5. The maximum atomic E-state index is 15.6. The van der Waals surface area contributed by atoms with Crippen LogP contribution in [0.15, 0.2) is 346 Å². The number of hydrogen-bond acceptors (Lipinski definition) is 4. The van der Waals surface area contributed by atoms with Gasteiger partial charge in [0.05, 0.1) is 27.2 Å². The van der Waals surface area contributed by atoms with Crippen LogP contribution in [0.2, 0.25) is 0 Å². The summed E-state index contributed by atoms with van der Waals surface area (Å²) in [5.41, 5.74) is 11.4. The highest BCUT2D eigenvalue weighted by atomic mass is 19.4. The van der Waals surface area contributed by atoms with Gasteiger partial charge in [0, 0.05) is 49.8 Å². The fraction of sp³-hybridized carbons (Fsp3) is 0.273. The predicted octanol–water partition coefficient (Wildman–Crippen LogP) is 27.5. The highest BCUT2D eigenvalue weighted by Gasteiger charge is 2.60. The van der Waals surface area contributed by atoms with Crippen molar-refractivity contribution < 1.29 is 59.1 Å². The fourth-order valence-corrected chi connectivity index (χ4v) is 16.5. The number of hydrogen-bond donors (Lipinski definition) is 0. The predicted molar refractivity (Wildman–Crippen MR) is 496 cm³/mol. The molecule has 3 heterocycles. The molecular weight excluding hydrogens is 1580 g/mol. The standard InChI is InChI=1S/C41H41F3N.C40H38F3N.C12H10.C8H5F3O.C6H11NO.C2H6.CH4.H2O/c1-30-10-12-31(13-11-30)33-16-22-37(23-17-33)40(41(42,43)44,36-8-6-5-7-9-36)38-24-18-34(19-25-38)32-14-20-35(21-15-32)39(2)26-28-45(3,4)29-27-39;1-29-9-11-30(12-10-29)32-15-21-36(22-16-32)39(40(41,42)43,35-7-5-4-6-8-35)37-23-17-33(18-24-37)31-13-19-34(20-14-31)38(2)25-27-44(3)28-26-38;1-3-7-11(8-4-1)12-9-5-2-6-10-12;9-8(10,11)7(12)6-4-2-1-3-5-6;1-7-4-2-6(8)3-5-7;1-2;;/h5-25H,26-29H2,1-4H3;4-24H,25-28H2,1-3H3;1-10H;1-5H;2-5H2,1H3;1-2H3;1H4;1H2/q+1;;;;;;;. The molecule has 3 aliphatic rings. The molecule has 0 radical (unpaired) electrons. The fourth-order valence-electron chi connectivity index (χ4n) is 16.5. The van der Waals surface area contributed by atoms with E-state index in [1.54, 1.807) is 140 Å². The lowest BCUT2D eigenvalue weighted by molar-refractivity contribution is -0.896. The molecule has 2 N–H and O–H groups in total. The van der Waals surface area contributed by atoms with E-state index in [1.165, 1.54) is 34.4 Å². The zero-order chi connectivity index (χ0) is 88.2. The van der Waals surface area contributed by atoms with Crippen LogP contribution in [-0.4, -0.2) is 117 Å². The lowest BCUT2D eigenvalue weighted by Gasteiger charge is -2.43. The van der Waals surface area contributed by atoms with E-state index in [0.29, 0.717) is 5.78 Å². The van der Waals surface area contributed by atoms with E-state index < -0.39 is 35.1 Å². The second kappa shape index (κ2) is 42.9. The van der Waals surface area contributed by atoms with Crippen molar-refractivity contribution in [1.29, 1.82) is 0 Å². The van der Waals surface area contributed by atoms with Crippen molar-refractivity contribution in [3.63, 3.8) is 0 Å².